The molecule has 0 atom stereocenters. The lowest BCUT2D eigenvalue weighted by Crippen LogP contribution is -2.44. The molecule has 0 unspecified atom stereocenters. The molecule has 158 valence electrons. The fourth-order valence-electron chi connectivity index (χ4n) is 4.05. The Kier molecular flexibility index (Phi) is 6.16. The molecule has 0 spiro atoms. The maximum absolute atomic E-state index is 12.6. The molecule has 1 fully saturated rings. The third-order valence-corrected chi connectivity index (χ3v) is 5.77. The molecule has 2 aromatic carbocycles. The van der Waals surface area contributed by atoms with Gasteiger partial charge in [-0.2, -0.15) is 0 Å². The maximum Gasteiger partial charge on any atom is 0.255 e. The number of benzene rings is 2. The van der Waals surface area contributed by atoms with Crippen molar-refractivity contribution in [2.24, 2.45) is 0 Å². The first-order chi connectivity index (χ1) is 14.5. The highest BCUT2D eigenvalue weighted by Gasteiger charge is 2.18. The van der Waals surface area contributed by atoms with Crippen LogP contribution in [0.15, 0.2) is 42.5 Å². The number of piperazine rings is 1. The van der Waals surface area contributed by atoms with E-state index in [-0.39, 0.29) is 5.91 Å². The predicted octanol–water partition coefficient (Wildman–Crippen LogP) is 3.75. The van der Waals surface area contributed by atoms with E-state index in [0.717, 1.165) is 73.8 Å². The lowest BCUT2D eigenvalue weighted by Gasteiger charge is -2.32. The van der Waals surface area contributed by atoms with Gasteiger partial charge < -0.3 is 14.8 Å². The van der Waals surface area contributed by atoms with Crippen molar-refractivity contribution in [3.05, 3.63) is 59.4 Å². The van der Waals surface area contributed by atoms with E-state index >= 15 is 0 Å². The fourth-order valence-corrected chi connectivity index (χ4v) is 4.05. The van der Waals surface area contributed by atoms with Gasteiger partial charge in [0, 0.05) is 44.0 Å². The van der Waals surface area contributed by atoms with Gasteiger partial charge in [-0.15, -0.1) is 0 Å². The van der Waals surface area contributed by atoms with E-state index in [0.29, 0.717) is 5.56 Å². The molecule has 4 rings (SSSR count). The van der Waals surface area contributed by atoms with E-state index in [4.69, 9.17) is 4.98 Å². The number of carbonyl (C=O) groups excluding carboxylic acids is 1. The smallest absolute Gasteiger partial charge is 0.255 e. The second-order valence-corrected chi connectivity index (χ2v) is 8.29. The SMILES string of the molecule is CCCn1c(CN2CCN(C)CC2)nc2cc(NC(=O)c3cccc(C)c3)ccc21. The third-order valence-electron chi connectivity index (χ3n) is 5.77. The molecule has 1 aromatic heterocycles. The number of likely N-dealkylation sites (N-methyl/N-ethyl adjacent to an activating group) is 1. The zero-order valence-corrected chi connectivity index (χ0v) is 18.2. The molecule has 2 heterocycles. The minimum atomic E-state index is -0.0938. The number of nitrogens with zero attached hydrogens (tertiary/aromatic N) is 4. The normalized spacial score (nSPS) is 15.6. The standard InChI is InChI=1S/C24H31N5O/c1-4-10-29-22-9-8-20(25-24(30)19-7-5-6-18(2)15-19)16-21(22)26-23(29)17-28-13-11-27(3)12-14-28/h5-9,15-16H,4,10-14,17H2,1-3H3,(H,25,30). The topological polar surface area (TPSA) is 53.4 Å². The van der Waals surface area contributed by atoms with E-state index in [1.165, 1.54) is 0 Å². The third kappa shape index (κ3) is 4.55. The van der Waals surface area contributed by atoms with Crippen LogP contribution in [0.25, 0.3) is 11.0 Å². The summed E-state index contributed by atoms with van der Waals surface area (Å²) in [5.41, 5.74) is 4.60. The Hall–Kier alpha value is -2.70. The van der Waals surface area contributed by atoms with Crippen LogP contribution in [0.2, 0.25) is 0 Å². The van der Waals surface area contributed by atoms with E-state index < -0.39 is 0 Å². The van der Waals surface area contributed by atoms with Crippen LogP contribution in [-0.2, 0) is 13.1 Å². The number of aromatic nitrogens is 2. The summed E-state index contributed by atoms with van der Waals surface area (Å²) in [7, 11) is 2.18. The Labute approximate surface area is 178 Å². The predicted molar refractivity (Wildman–Crippen MR) is 122 cm³/mol. The number of rotatable bonds is 6. The van der Waals surface area contributed by atoms with Crippen molar-refractivity contribution in [1.29, 1.82) is 0 Å². The highest BCUT2D eigenvalue weighted by Crippen LogP contribution is 2.23. The van der Waals surface area contributed by atoms with Crippen molar-refractivity contribution in [3.8, 4) is 0 Å². The summed E-state index contributed by atoms with van der Waals surface area (Å²) in [6, 6.07) is 13.7. The van der Waals surface area contributed by atoms with Crippen LogP contribution in [0.5, 0.6) is 0 Å². The van der Waals surface area contributed by atoms with E-state index in [1.54, 1.807) is 0 Å². The molecule has 6 nitrogen and oxygen atoms in total. The van der Waals surface area contributed by atoms with E-state index in [2.05, 4.69) is 39.7 Å². The number of fused-ring (bicyclic) bond motifs is 1. The Morgan fingerprint density at radius 2 is 1.90 bits per heavy atom. The molecule has 6 heteroatoms. The second kappa shape index (κ2) is 8.98. The van der Waals surface area contributed by atoms with Gasteiger partial charge in [0.15, 0.2) is 0 Å². The summed E-state index contributed by atoms with van der Waals surface area (Å²) >= 11 is 0. The monoisotopic (exact) mass is 405 g/mol. The molecule has 1 N–H and O–H groups in total. The number of hydrogen-bond donors (Lipinski definition) is 1. The minimum absolute atomic E-state index is 0.0938. The first kappa shape index (κ1) is 20.6. The largest absolute Gasteiger partial charge is 0.327 e. The summed E-state index contributed by atoms with van der Waals surface area (Å²) in [5, 5.41) is 3.02. The van der Waals surface area contributed by atoms with Gasteiger partial charge in [-0.1, -0.05) is 24.6 Å². The van der Waals surface area contributed by atoms with Crippen molar-refractivity contribution in [1.82, 2.24) is 19.4 Å². The van der Waals surface area contributed by atoms with Crippen LogP contribution in [-0.4, -0.2) is 58.5 Å². The summed E-state index contributed by atoms with van der Waals surface area (Å²) in [4.78, 5) is 22.4. The fraction of sp³-hybridized carbons (Fsp3) is 0.417. The van der Waals surface area contributed by atoms with Crippen LogP contribution >= 0.6 is 0 Å². The lowest BCUT2D eigenvalue weighted by atomic mass is 10.1. The average molecular weight is 406 g/mol. The van der Waals surface area contributed by atoms with E-state index in [9.17, 15) is 4.79 Å². The zero-order valence-electron chi connectivity index (χ0n) is 18.2. The van der Waals surface area contributed by atoms with Gasteiger partial charge in [0.2, 0.25) is 0 Å². The van der Waals surface area contributed by atoms with Crippen molar-refractivity contribution in [2.75, 3.05) is 38.5 Å². The number of carbonyl (C=O) groups is 1. The Morgan fingerprint density at radius 3 is 2.63 bits per heavy atom. The second-order valence-electron chi connectivity index (χ2n) is 8.29. The molecule has 30 heavy (non-hydrogen) atoms. The summed E-state index contributed by atoms with van der Waals surface area (Å²) in [5.74, 6) is 1.02. The number of imidazole rings is 1. The molecule has 0 bridgehead atoms. The van der Waals surface area contributed by atoms with Crippen LogP contribution in [0.3, 0.4) is 0 Å². The molecule has 0 radical (unpaired) electrons. The maximum atomic E-state index is 12.6. The highest BCUT2D eigenvalue weighted by atomic mass is 16.1. The van der Waals surface area contributed by atoms with Gasteiger partial charge in [-0.3, -0.25) is 9.69 Å². The molecule has 1 aliphatic rings. The van der Waals surface area contributed by atoms with E-state index in [1.807, 2.05) is 43.3 Å². The first-order valence-electron chi connectivity index (χ1n) is 10.8. The van der Waals surface area contributed by atoms with Gasteiger partial charge in [0.25, 0.3) is 5.91 Å². The van der Waals surface area contributed by atoms with Gasteiger partial charge in [-0.05, 0) is 50.7 Å². The quantitative estimate of drug-likeness (QED) is 0.679. The molecular formula is C24H31N5O. The minimum Gasteiger partial charge on any atom is -0.327 e. The number of amides is 1. The Bertz CT molecular complexity index is 1030. The number of anilines is 1. The summed E-state index contributed by atoms with van der Waals surface area (Å²) in [6.07, 6.45) is 1.06. The number of nitrogens with one attached hydrogen (secondary N) is 1. The summed E-state index contributed by atoms with van der Waals surface area (Å²) < 4.78 is 2.33. The van der Waals surface area contributed by atoms with Crippen LogP contribution < -0.4 is 5.32 Å². The van der Waals surface area contributed by atoms with Crippen molar-refractivity contribution >= 4 is 22.6 Å². The van der Waals surface area contributed by atoms with Gasteiger partial charge in [0.1, 0.15) is 5.82 Å². The zero-order chi connectivity index (χ0) is 21.1. The first-order valence-corrected chi connectivity index (χ1v) is 10.8. The lowest BCUT2D eigenvalue weighted by molar-refractivity contribution is 0.102. The number of hydrogen-bond acceptors (Lipinski definition) is 4. The van der Waals surface area contributed by atoms with Gasteiger partial charge in [-0.25, -0.2) is 4.98 Å². The molecular weight excluding hydrogens is 374 g/mol. The molecule has 1 saturated heterocycles. The molecule has 0 aliphatic carbocycles. The van der Waals surface area contributed by atoms with Crippen LogP contribution in [0.1, 0.15) is 35.1 Å². The Balaban J connectivity index is 1.56. The van der Waals surface area contributed by atoms with Crippen molar-refractivity contribution in [2.45, 2.75) is 33.4 Å². The van der Waals surface area contributed by atoms with Crippen molar-refractivity contribution < 1.29 is 4.79 Å². The molecule has 0 saturated carbocycles. The number of aryl methyl sites for hydroxylation is 2. The average Bonchev–Trinajstić information content (AvgIpc) is 3.06. The highest BCUT2D eigenvalue weighted by molar-refractivity contribution is 6.05. The molecule has 3 aromatic rings. The van der Waals surface area contributed by atoms with Gasteiger partial charge in [0.05, 0.1) is 17.6 Å². The van der Waals surface area contributed by atoms with Gasteiger partial charge >= 0.3 is 0 Å². The van der Waals surface area contributed by atoms with Crippen LogP contribution in [0, 0.1) is 6.92 Å². The summed E-state index contributed by atoms with van der Waals surface area (Å²) in [6.45, 7) is 10.4. The Morgan fingerprint density at radius 1 is 1.10 bits per heavy atom. The van der Waals surface area contributed by atoms with Crippen molar-refractivity contribution in [3.63, 3.8) is 0 Å². The van der Waals surface area contributed by atoms with Crippen LogP contribution in [0.4, 0.5) is 5.69 Å². The molecule has 1 amide bonds. The molecule has 1 aliphatic heterocycles.